The normalized spacial score (nSPS) is 22.7. The Morgan fingerprint density at radius 2 is 1.86 bits per heavy atom. The lowest BCUT2D eigenvalue weighted by Gasteiger charge is -2.33. The number of rotatable bonds is 4. The maximum absolute atomic E-state index is 13.5. The first-order valence-electron chi connectivity index (χ1n) is 9.96. The Kier molecular flexibility index (Phi) is 4.46. The zero-order valence-corrected chi connectivity index (χ0v) is 16.2. The van der Waals surface area contributed by atoms with E-state index in [9.17, 15) is 4.79 Å². The number of aryl methyl sites for hydroxylation is 1. The molecule has 146 valence electrons. The third-order valence-electron chi connectivity index (χ3n) is 5.81. The third kappa shape index (κ3) is 3.35. The number of aromatic nitrogens is 3. The summed E-state index contributed by atoms with van der Waals surface area (Å²) in [5.74, 6) is 1.68. The van der Waals surface area contributed by atoms with Crippen molar-refractivity contribution in [1.29, 1.82) is 0 Å². The summed E-state index contributed by atoms with van der Waals surface area (Å²) >= 11 is 0. The van der Waals surface area contributed by atoms with Gasteiger partial charge < -0.3 is 9.64 Å². The fraction of sp³-hybridized carbons (Fsp3) is 0.304. The summed E-state index contributed by atoms with van der Waals surface area (Å²) in [6, 6.07) is 13.3. The van der Waals surface area contributed by atoms with Gasteiger partial charge in [-0.15, -0.1) is 0 Å². The second-order valence-electron chi connectivity index (χ2n) is 7.81. The molecule has 3 aromatic rings. The predicted molar refractivity (Wildman–Crippen MR) is 108 cm³/mol. The second-order valence-corrected chi connectivity index (χ2v) is 7.81. The van der Waals surface area contributed by atoms with Crippen LogP contribution in [0, 0.1) is 12.8 Å². The van der Waals surface area contributed by atoms with Gasteiger partial charge >= 0.3 is 0 Å². The summed E-state index contributed by atoms with van der Waals surface area (Å²) in [5.41, 5.74) is 2.50. The molecule has 29 heavy (non-hydrogen) atoms. The Bertz CT molecular complexity index is 1020. The first-order valence-corrected chi connectivity index (χ1v) is 9.96. The monoisotopic (exact) mass is 386 g/mol. The highest BCUT2D eigenvalue weighted by molar-refractivity contribution is 6.00. The summed E-state index contributed by atoms with van der Waals surface area (Å²) in [5, 5.41) is 0. The molecule has 1 amide bonds. The Hall–Kier alpha value is -3.28. The summed E-state index contributed by atoms with van der Waals surface area (Å²) in [7, 11) is 0. The molecule has 2 bridgehead atoms. The SMILES string of the molecule is Cc1ccc(OC2CC3CC2N(C(=O)c2ccccc2-c2ncccn2)C3)nc1. The number of piperidine rings is 1. The Morgan fingerprint density at radius 1 is 1.03 bits per heavy atom. The molecule has 3 unspecified atom stereocenters. The van der Waals surface area contributed by atoms with Gasteiger partial charge in [0.25, 0.3) is 5.91 Å². The van der Waals surface area contributed by atoms with Gasteiger partial charge in [0.1, 0.15) is 6.10 Å². The fourth-order valence-corrected chi connectivity index (χ4v) is 4.46. The number of amides is 1. The second kappa shape index (κ2) is 7.28. The van der Waals surface area contributed by atoms with Crippen molar-refractivity contribution in [2.75, 3.05) is 6.54 Å². The van der Waals surface area contributed by atoms with Crippen LogP contribution in [-0.4, -0.2) is 44.4 Å². The van der Waals surface area contributed by atoms with E-state index in [0.717, 1.165) is 30.5 Å². The minimum absolute atomic E-state index is 0.0192. The van der Waals surface area contributed by atoms with Gasteiger partial charge in [-0.25, -0.2) is 15.0 Å². The smallest absolute Gasteiger partial charge is 0.254 e. The molecule has 3 atom stereocenters. The van der Waals surface area contributed by atoms with E-state index in [1.54, 1.807) is 18.5 Å². The number of hydrogen-bond acceptors (Lipinski definition) is 5. The van der Waals surface area contributed by atoms with Gasteiger partial charge in [0.05, 0.1) is 11.6 Å². The Balaban J connectivity index is 1.39. The van der Waals surface area contributed by atoms with E-state index in [-0.39, 0.29) is 18.1 Å². The number of nitrogens with zero attached hydrogens (tertiary/aromatic N) is 4. The molecule has 1 aliphatic carbocycles. The lowest BCUT2D eigenvalue weighted by Crippen LogP contribution is -2.47. The molecule has 6 heteroatoms. The van der Waals surface area contributed by atoms with Gasteiger partial charge in [0, 0.05) is 36.8 Å². The Morgan fingerprint density at radius 3 is 2.62 bits per heavy atom. The topological polar surface area (TPSA) is 68.2 Å². The van der Waals surface area contributed by atoms with Crippen LogP contribution < -0.4 is 4.74 Å². The zero-order chi connectivity index (χ0) is 19.8. The molecule has 0 N–H and O–H groups in total. The van der Waals surface area contributed by atoms with Crippen LogP contribution >= 0.6 is 0 Å². The number of carbonyl (C=O) groups is 1. The van der Waals surface area contributed by atoms with Crippen molar-refractivity contribution < 1.29 is 9.53 Å². The van der Waals surface area contributed by atoms with E-state index < -0.39 is 0 Å². The van der Waals surface area contributed by atoms with E-state index in [0.29, 0.717) is 23.2 Å². The van der Waals surface area contributed by atoms with Crippen molar-refractivity contribution in [2.24, 2.45) is 5.92 Å². The molecule has 1 aliphatic heterocycles. The van der Waals surface area contributed by atoms with Gasteiger partial charge in [-0.3, -0.25) is 4.79 Å². The number of fused-ring (bicyclic) bond motifs is 2. The van der Waals surface area contributed by atoms with Crippen LogP contribution in [0.3, 0.4) is 0 Å². The fourth-order valence-electron chi connectivity index (χ4n) is 4.46. The van der Waals surface area contributed by atoms with Crippen LogP contribution in [0.25, 0.3) is 11.4 Å². The van der Waals surface area contributed by atoms with E-state index in [4.69, 9.17) is 4.74 Å². The quantitative estimate of drug-likeness (QED) is 0.686. The standard InChI is InChI=1S/C23H22N4O2/c1-15-7-8-21(26-13-15)29-20-12-16-11-19(20)27(14-16)23(28)18-6-3-2-5-17(18)22-24-9-4-10-25-22/h2-10,13,16,19-20H,11-12,14H2,1H3. The number of ether oxygens (including phenoxy) is 1. The van der Waals surface area contributed by atoms with Crippen LogP contribution in [-0.2, 0) is 0 Å². The summed E-state index contributed by atoms with van der Waals surface area (Å²) in [6.07, 6.45) is 7.12. The van der Waals surface area contributed by atoms with E-state index in [1.807, 2.05) is 54.4 Å². The lowest BCUT2D eigenvalue weighted by molar-refractivity contribution is 0.0467. The zero-order valence-electron chi connectivity index (χ0n) is 16.2. The van der Waals surface area contributed by atoms with E-state index in [1.165, 1.54) is 0 Å². The largest absolute Gasteiger partial charge is 0.472 e. The number of likely N-dealkylation sites (tertiary alicyclic amines) is 1. The molecular formula is C23H22N4O2. The number of hydrogen-bond donors (Lipinski definition) is 0. The van der Waals surface area contributed by atoms with Gasteiger partial charge in [0.2, 0.25) is 5.88 Å². The van der Waals surface area contributed by atoms with Crippen molar-refractivity contribution in [3.05, 3.63) is 72.2 Å². The van der Waals surface area contributed by atoms with Crippen molar-refractivity contribution in [1.82, 2.24) is 19.9 Å². The van der Waals surface area contributed by atoms with Crippen LogP contribution in [0.2, 0.25) is 0 Å². The predicted octanol–water partition coefficient (Wildman–Crippen LogP) is 3.53. The molecule has 3 heterocycles. The highest BCUT2D eigenvalue weighted by Crippen LogP contribution is 2.40. The maximum Gasteiger partial charge on any atom is 0.254 e. The number of carbonyl (C=O) groups excluding carboxylic acids is 1. The van der Waals surface area contributed by atoms with Gasteiger partial charge in [-0.05, 0) is 43.4 Å². The molecule has 2 fully saturated rings. The van der Waals surface area contributed by atoms with Crippen LogP contribution in [0.1, 0.15) is 28.8 Å². The van der Waals surface area contributed by atoms with Gasteiger partial charge in [0.15, 0.2) is 5.82 Å². The Labute approximate surface area is 169 Å². The molecule has 1 aromatic carbocycles. The van der Waals surface area contributed by atoms with Gasteiger partial charge in [-0.1, -0.05) is 24.3 Å². The molecule has 2 aliphatic rings. The van der Waals surface area contributed by atoms with Crippen molar-refractivity contribution >= 4 is 5.91 Å². The van der Waals surface area contributed by atoms with Crippen molar-refractivity contribution in [3.63, 3.8) is 0 Å². The van der Waals surface area contributed by atoms with E-state index in [2.05, 4.69) is 15.0 Å². The van der Waals surface area contributed by atoms with Crippen molar-refractivity contribution in [3.8, 4) is 17.3 Å². The van der Waals surface area contributed by atoms with Crippen LogP contribution in [0.15, 0.2) is 61.1 Å². The minimum atomic E-state index is -0.0203. The van der Waals surface area contributed by atoms with Crippen LogP contribution in [0.4, 0.5) is 0 Å². The van der Waals surface area contributed by atoms with Gasteiger partial charge in [-0.2, -0.15) is 0 Å². The molecule has 6 nitrogen and oxygen atoms in total. The van der Waals surface area contributed by atoms with Crippen molar-refractivity contribution in [2.45, 2.75) is 31.9 Å². The molecule has 0 radical (unpaired) electrons. The minimum Gasteiger partial charge on any atom is -0.472 e. The highest BCUT2D eigenvalue weighted by Gasteiger charge is 2.48. The molecule has 1 saturated carbocycles. The first kappa shape index (κ1) is 17.8. The molecule has 2 aromatic heterocycles. The molecule has 5 rings (SSSR count). The number of pyridine rings is 1. The lowest BCUT2D eigenvalue weighted by atomic mass is 10.0. The van der Waals surface area contributed by atoms with Crippen LogP contribution in [0.5, 0.6) is 5.88 Å². The number of benzene rings is 1. The summed E-state index contributed by atoms with van der Waals surface area (Å²) < 4.78 is 6.17. The van der Waals surface area contributed by atoms with E-state index >= 15 is 0 Å². The molecule has 1 saturated heterocycles. The summed E-state index contributed by atoms with van der Waals surface area (Å²) in [4.78, 5) is 28.5. The summed E-state index contributed by atoms with van der Waals surface area (Å²) in [6.45, 7) is 2.78. The highest BCUT2D eigenvalue weighted by atomic mass is 16.5. The third-order valence-corrected chi connectivity index (χ3v) is 5.81. The first-order chi connectivity index (χ1) is 14.2. The maximum atomic E-state index is 13.5. The molecule has 0 spiro atoms. The average molecular weight is 386 g/mol. The molecular weight excluding hydrogens is 364 g/mol. The average Bonchev–Trinajstić information content (AvgIpc) is 3.36.